The molecule has 1 unspecified atom stereocenters. The molecule has 3 atom stereocenters. The molecule has 0 aromatic carbocycles. The number of carbonyl (C=O) groups is 4. The highest BCUT2D eigenvalue weighted by atomic mass is 16.4. The highest BCUT2D eigenvalue weighted by Crippen LogP contribution is 2.26. The number of rotatable bonds is 24. The molecule has 0 aliphatic rings. The van der Waals surface area contributed by atoms with Gasteiger partial charge in [-0.1, -0.05) is 85.6 Å². The van der Waals surface area contributed by atoms with Crippen molar-refractivity contribution >= 4 is 23.7 Å². The quantitative estimate of drug-likeness (QED) is 0.0400. The van der Waals surface area contributed by atoms with E-state index in [0.29, 0.717) is 25.8 Å². The van der Waals surface area contributed by atoms with Gasteiger partial charge < -0.3 is 32.3 Å². The molecule has 11 heteroatoms. The molecule has 276 valence electrons. The molecule has 11 nitrogen and oxygen atoms in total. The van der Waals surface area contributed by atoms with Crippen LogP contribution in [0.2, 0.25) is 0 Å². The van der Waals surface area contributed by atoms with Crippen LogP contribution in [0.25, 0.3) is 0 Å². The number of carbonyl (C=O) groups excluding carboxylic acids is 3. The van der Waals surface area contributed by atoms with Gasteiger partial charge in [0.05, 0.1) is 18.1 Å². The summed E-state index contributed by atoms with van der Waals surface area (Å²) in [6.07, 6.45) is 18.4. The van der Waals surface area contributed by atoms with Crippen molar-refractivity contribution in [3.05, 3.63) is 24.3 Å². The zero-order valence-electron chi connectivity index (χ0n) is 31.0. The van der Waals surface area contributed by atoms with Crippen LogP contribution in [0.5, 0.6) is 0 Å². The Bertz CT molecular complexity index is 888. The van der Waals surface area contributed by atoms with Gasteiger partial charge in [0.15, 0.2) is 0 Å². The number of carboxylic acid groups (broad SMARTS) is 1. The second kappa shape index (κ2) is 30.6. The third-order valence-corrected chi connectivity index (χ3v) is 7.09. The number of hydrogen-bond donors (Lipinski definition) is 7. The molecule has 47 heavy (non-hydrogen) atoms. The minimum absolute atomic E-state index is 0.189. The molecule has 0 aliphatic heterocycles. The summed E-state index contributed by atoms with van der Waals surface area (Å²) in [5, 5.41) is 27.6. The van der Waals surface area contributed by atoms with Gasteiger partial charge in [-0.25, -0.2) is 0 Å². The third kappa shape index (κ3) is 30.3. The zero-order valence-corrected chi connectivity index (χ0v) is 31.0. The van der Waals surface area contributed by atoms with Gasteiger partial charge in [-0.05, 0) is 82.6 Å². The van der Waals surface area contributed by atoms with E-state index in [9.17, 15) is 24.3 Å². The summed E-state index contributed by atoms with van der Waals surface area (Å²) < 4.78 is 0. The SMILES string of the molecule is CC.CCC(=O)O.CCCC/C=C/CCC[C@](CCC/C=C\CCCCN)(NC(O)[C@H](CC(C)(C)C)NC(=O)CNC(C)=O)C(N)=O. The standard InChI is InChI=1S/C31H59N5O4.C3H6O2.C2H6/c1-6-7-8-9-11-14-17-20-31(29(33)40,21-18-15-12-10-13-16-19-22-32)36-28(39)26(23-30(3,4)5)35-27(38)24-34-25(2)37;1-2-3(4)5;1-2/h9-12,26,28,36,39H,6-8,13-24,32H2,1-5H3,(H2,33,40)(H,34,37)(H,35,38);2H2,1H3,(H,4,5);1-2H3/b11-9+,12-10-;;/t26-,28?,31+;;/m0../s1. The molecule has 0 bridgehead atoms. The predicted octanol–water partition coefficient (Wildman–Crippen LogP) is 5.46. The molecule has 0 spiro atoms. The van der Waals surface area contributed by atoms with E-state index in [1.807, 2.05) is 34.6 Å². The molecule has 0 fully saturated rings. The van der Waals surface area contributed by atoms with Gasteiger partial charge in [0.1, 0.15) is 6.23 Å². The van der Waals surface area contributed by atoms with Gasteiger partial charge in [-0.3, -0.25) is 24.5 Å². The molecule has 9 N–H and O–H groups in total. The van der Waals surface area contributed by atoms with Crippen molar-refractivity contribution in [1.82, 2.24) is 16.0 Å². The lowest BCUT2D eigenvalue weighted by molar-refractivity contribution is -0.136. The maximum Gasteiger partial charge on any atom is 0.303 e. The Morgan fingerprint density at radius 3 is 1.68 bits per heavy atom. The Hall–Kier alpha value is -2.76. The first-order valence-corrected chi connectivity index (χ1v) is 17.6. The lowest BCUT2D eigenvalue weighted by Gasteiger charge is -2.38. The fraction of sp³-hybridized carbons (Fsp3) is 0.778. The van der Waals surface area contributed by atoms with Crippen LogP contribution in [0.15, 0.2) is 24.3 Å². The number of nitrogens with one attached hydrogen (secondary N) is 3. The second-order valence-electron chi connectivity index (χ2n) is 12.8. The topological polar surface area (TPSA) is 197 Å². The van der Waals surface area contributed by atoms with Gasteiger partial charge in [-0.2, -0.15) is 0 Å². The zero-order chi connectivity index (χ0) is 36.7. The number of allylic oxidation sites excluding steroid dienone is 4. The van der Waals surface area contributed by atoms with Crippen LogP contribution in [-0.2, 0) is 19.2 Å². The maximum atomic E-state index is 13.0. The van der Waals surface area contributed by atoms with Gasteiger partial charge in [-0.15, -0.1) is 0 Å². The minimum atomic E-state index is -1.21. The van der Waals surface area contributed by atoms with Crippen molar-refractivity contribution in [3.8, 4) is 0 Å². The van der Waals surface area contributed by atoms with E-state index < -0.39 is 35.6 Å². The van der Waals surface area contributed by atoms with E-state index in [-0.39, 0.29) is 24.3 Å². The van der Waals surface area contributed by atoms with Crippen molar-refractivity contribution in [2.75, 3.05) is 13.1 Å². The molecule has 0 aliphatic carbocycles. The van der Waals surface area contributed by atoms with Gasteiger partial charge in [0, 0.05) is 13.3 Å². The Morgan fingerprint density at radius 2 is 1.30 bits per heavy atom. The molecule has 0 heterocycles. The van der Waals surface area contributed by atoms with Crippen LogP contribution in [0, 0.1) is 5.41 Å². The van der Waals surface area contributed by atoms with Crippen molar-refractivity contribution in [3.63, 3.8) is 0 Å². The summed E-state index contributed by atoms with van der Waals surface area (Å²) in [4.78, 5) is 46.1. The highest BCUT2D eigenvalue weighted by Gasteiger charge is 2.39. The molecule has 0 rings (SSSR count). The summed E-state index contributed by atoms with van der Waals surface area (Å²) in [7, 11) is 0. The first-order valence-electron chi connectivity index (χ1n) is 17.6. The van der Waals surface area contributed by atoms with E-state index in [4.69, 9.17) is 16.6 Å². The lowest BCUT2D eigenvalue weighted by atomic mass is 9.83. The summed E-state index contributed by atoms with van der Waals surface area (Å²) >= 11 is 0. The van der Waals surface area contributed by atoms with E-state index in [2.05, 4.69) is 47.2 Å². The molecular formula is C36H71N5O6. The Labute approximate surface area is 286 Å². The molecule has 3 amide bonds. The number of nitrogens with two attached hydrogens (primary N) is 2. The Morgan fingerprint density at radius 1 is 0.830 bits per heavy atom. The molecule has 0 aromatic rings. The average molecular weight is 670 g/mol. The number of amides is 3. The normalized spacial score (nSPS) is 13.8. The van der Waals surface area contributed by atoms with E-state index in [1.54, 1.807) is 6.92 Å². The number of aliphatic carboxylic acids is 1. The maximum absolute atomic E-state index is 13.0. The summed E-state index contributed by atoms with van der Waals surface area (Å²) in [6, 6.07) is -0.684. The number of unbranched alkanes of at least 4 members (excludes halogenated alkanes) is 6. The number of hydrogen-bond acceptors (Lipinski definition) is 7. The van der Waals surface area contributed by atoms with Crippen molar-refractivity contribution < 1.29 is 29.4 Å². The molecule has 0 aromatic heterocycles. The number of aliphatic hydroxyl groups is 1. The van der Waals surface area contributed by atoms with Crippen LogP contribution in [0.3, 0.4) is 0 Å². The van der Waals surface area contributed by atoms with Crippen LogP contribution in [0.4, 0.5) is 0 Å². The number of aliphatic hydroxyl groups excluding tert-OH is 1. The minimum Gasteiger partial charge on any atom is -0.481 e. The molecule has 0 saturated carbocycles. The van der Waals surface area contributed by atoms with Crippen molar-refractivity contribution in [1.29, 1.82) is 0 Å². The van der Waals surface area contributed by atoms with E-state index in [0.717, 1.165) is 64.2 Å². The number of carboxylic acids is 1. The summed E-state index contributed by atoms with van der Waals surface area (Å²) in [5.41, 5.74) is 10.2. The Balaban J connectivity index is -0.00000250. The first kappa shape index (κ1) is 48.6. The van der Waals surface area contributed by atoms with Crippen molar-refractivity contribution in [2.45, 2.75) is 163 Å². The van der Waals surface area contributed by atoms with Crippen LogP contribution >= 0.6 is 0 Å². The Kier molecular flexibility index (Phi) is 31.6. The van der Waals surface area contributed by atoms with Crippen LogP contribution < -0.4 is 27.4 Å². The summed E-state index contributed by atoms with van der Waals surface area (Å²) in [6.45, 7) is 15.6. The number of primary amides is 1. The molecular weight excluding hydrogens is 598 g/mol. The highest BCUT2D eigenvalue weighted by molar-refractivity contribution is 5.85. The largest absolute Gasteiger partial charge is 0.481 e. The fourth-order valence-electron chi connectivity index (χ4n) is 4.58. The monoisotopic (exact) mass is 670 g/mol. The van der Waals surface area contributed by atoms with Crippen LogP contribution in [0.1, 0.15) is 145 Å². The first-order chi connectivity index (χ1) is 22.1. The average Bonchev–Trinajstić information content (AvgIpc) is 3.00. The van der Waals surface area contributed by atoms with Gasteiger partial charge in [0.2, 0.25) is 17.7 Å². The van der Waals surface area contributed by atoms with E-state index in [1.165, 1.54) is 6.92 Å². The lowest BCUT2D eigenvalue weighted by Crippen LogP contribution is -2.64. The summed E-state index contributed by atoms with van der Waals surface area (Å²) in [5.74, 6) is -1.98. The van der Waals surface area contributed by atoms with Crippen molar-refractivity contribution in [2.24, 2.45) is 16.9 Å². The molecule has 0 radical (unpaired) electrons. The van der Waals surface area contributed by atoms with Crippen LogP contribution in [-0.4, -0.2) is 64.8 Å². The van der Waals surface area contributed by atoms with Gasteiger partial charge >= 0.3 is 5.97 Å². The molecule has 0 saturated heterocycles. The smallest absolute Gasteiger partial charge is 0.303 e. The predicted molar refractivity (Wildman–Crippen MR) is 193 cm³/mol. The fourth-order valence-corrected chi connectivity index (χ4v) is 4.58. The van der Waals surface area contributed by atoms with E-state index >= 15 is 0 Å². The van der Waals surface area contributed by atoms with Gasteiger partial charge in [0.25, 0.3) is 0 Å². The second-order valence-corrected chi connectivity index (χ2v) is 12.8. The third-order valence-electron chi connectivity index (χ3n) is 7.09.